The quantitative estimate of drug-likeness (QED) is 0.471. The van der Waals surface area contributed by atoms with Crippen LogP contribution < -0.4 is 10.1 Å². The first kappa shape index (κ1) is 23.5. The van der Waals surface area contributed by atoms with Crippen LogP contribution in [0, 0.1) is 25.2 Å². The highest BCUT2D eigenvalue weighted by atomic mass is 79.9. The number of aryl methyl sites for hydroxylation is 2. The lowest BCUT2D eigenvalue weighted by Gasteiger charge is -2.33. The Morgan fingerprint density at radius 1 is 1.33 bits per heavy atom. The van der Waals surface area contributed by atoms with Crippen LogP contribution >= 0.6 is 15.9 Å². The summed E-state index contributed by atoms with van der Waals surface area (Å²) >= 11 is 3.52. The van der Waals surface area contributed by atoms with Crippen LogP contribution in [0.3, 0.4) is 0 Å². The summed E-state index contributed by atoms with van der Waals surface area (Å²) in [6.45, 7) is 11.1. The van der Waals surface area contributed by atoms with Crippen LogP contribution in [0.2, 0.25) is 0 Å². The van der Waals surface area contributed by atoms with Crippen molar-refractivity contribution in [3.05, 3.63) is 56.6 Å². The van der Waals surface area contributed by atoms with Gasteiger partial charge >= 0.3 is 0 Å². The molecular weight excluding hydrogens is 484 g/mol. The lowest BCUT2D eigenvalue weighted by molar-refractivity contribution is 0.101. The summed E-state index contributed by atoms with van der Waals surface area (Å²) in [5.74, 6) is 1.87. The molecule has 33 heavy (non-hydrogen) atoms. The minimum atomic E-state index is -0.250. The van der Waals surface area contributed by atoms with Crippen LogP contribution in [0.4, 0.5) is 5.69 Å². The standard InChI is InChI=1S/C25H31BrN4O3/c1-14-22(15(2)30(28-14)13-16-11-18(26)8-10-20(16)32-6)27-24(31)23-19-12-17(25(3,4)5)7-9-21(19)33-29-23/h8,10-11,17H,7,9,12-13H2,1-6H3,(H,27,31). The second-order valence-electron chi connectivity index (χ2n) is 9.85. The molecule has 4 rings (SSSR count). The Labute approximate surface area is 203 Å². The molecule has 0 radical (unpaired) electrons. The molecule has 1 unspecified atom stereocenters. The van der Waals surface area contributed by atoms with Gasteiger partial charge in [-0.2, -0.15) is 5.10 Å². The van der Waals surface area contributed by atoms with Crippen LogP contribution in [-0.4, -0.2) is 28.0 Å². The van der Waals surface area contributed by atoms with Gasteiger partial charge in [0.25, 0.3) is 5.91 Å². The lowest BCUT2D eigenvalue weighted by Crippen LogP contribution is -2.27. The number of benzene rings is 1. The van der Waals surface area contributed by atoms with Crippen molar-refractivity contribution in [2.75, 3.05) is 12.4 Å². The molecule has 1 aromatic carbocycles. The van der Waals surface area contributed by atoms with Crippen molar-refractivity contribution < 1.29 is 14.1 Å². The maximum atomic E-state index is 13.2. The number of halogens is 1. The number of hydrogen-bond acceptors (Lipinski definition) is 5. The number of carbonyl (C=O) groups excluding carboxylic acids is 1. The van der Waals surface area contributed by atoms with E-state index >= 15 is 0 Å². The first-order valence-electron chi connectivity index (χ1n) is 11.2. The van der Waals surface area contributed by atoms with Crippen LogP contribution in [0.5, 0.6) is 5.75 Å². The number of nitrogens with zero attached hydrogens (tertiary/aromatic N) is 3. The minimum Gasteiger partial charge on any atom is -0.496 e. The Hall–Kier alpha value is -2.61. The van der Waals surface area contributed by atoms with E-state index in [0.29, 0.717) is 23.8 Å². The fourth-order valence-corrected chi connectivity index (χ4v) is 4.97. The average Bonchev–Trinajstić information content (AvgIpc) is 3.29. The van der Waals surface area contributed by atoms with Gasteiger partial charge in [0.2, 0.25) is 0 Å². The molecule has 1 N–H and O–H groups in total. The van der Waals surface area contributed by atoms with E-state index in [9.17, 15) is 4.79 Å². The summed E-state index contributed by atoms with van der Waals surface area (Å²) in [6, 6.07) is 5.88. The predicted molar refractivity (Wildman–Crippen MR) is 131 cm³/mol. The van der Waals surface area contributed by atoms with Crippen molar-refractivity contribution in [2.45, 2.75) is 60.4 Å². The molecule has 176 valence electrons. The van der Waals surface area contributed by atoms with E-state index in [1.165, 1.54) is 0 Å². The van der Waals surface area contributed by atoms with Gasteiger partial charge in [-0.15, -0.1) is 0 Å². The summed E-state index contributed by atoms with van der Waals surface area (Å²) in [7, 11) is 1.66. The molecule has 7 nitrogen and oxygen atoms in total. The maximum Gasteiger partial charge on any atom is 0.278 e. The van der Waals surface area contributed by atoms with Gasteiger partial charge in [0.05, 0.1) is 30.7 Å². The number of aromatic nitrogens is 3. The first-order valence-corrected chi connectivity index (χ1v) is 12.0. The third-order valence-corrected chi connectivity index (χ3v) is 7.16. The fraction of sp³-hybridized carbons (Fsp3) is 0.480. The zero-order valence-corrected chi connectivity index (χ0v) is 21.7. The van der Waals surface area contributed by atoms with Gasteiger partial charge in [-0.05, 0) is 56.2 Å². The number of rotatable bonds is 5. The molecule has 1 amide bonds. The predicted octanol–water partition coefficient (Wildman–Crippen LogP) is 5.71. The SMILES string of the molecule is COc1ccc(Br)cc1Cn1nc(C)c(NC(=O)c2noc3c2CC(C(C)(C)C)CC3)c1C. The Morgan fingerprint density at radius 3 is 2.79 bits per heavy atom. The summed E-state index contributed by atoms with van der Waals surface area (Å²) in [5, 5.41) is 11.9. The van der Waals surface area contributed by atoms with E-state index in [1.54, 1.807) is 7.11 Å². The van der Waals surface area contributed by atoms with E-state index in [-0.39, 0.29) is 11.3 Å². The molecule has 0 fully saturated rings. The molecule has 0 saturated carbocycles. The molecule has 2 aromatic heterocycles. The Bertz CT molecular complexity index is 1190. The summed E-state index contributed by atoms with van der Waals surface area (Å²) in [5.41, 5.74) is 4.82. The van der Waals surface area contributed by atoms with Crippen molar-refractivity contribution >= 4 is 27.5 Å². The van der Waals surface area contributed by atoms with E-state index in [1.807, 2.05) is 36.7 Å². The van der Waals surface area contributed by atoms with Gasteiger partial charge in [-0.25, -0.2) is 0 Å². The van der Waals surface area contributed by atoms with Gasteiger partial charge in [-0.1, -0.05) is 41.9 Å². The molecule has 0 spiro atoms. The number of fused-ring (bicyclic) bond motifs is 1. The molecule has 3 aromatic rings. The Balaban J connectivity index is 1.57. The minimum absolute atomic E-state index is 0.171. The normalized spacial score (nSPS) is 15.9. The highest BCUT2D eigenvalue weighted by Crippen LogP contribution is 2.38. The van der Waals surface area contributed by atoms with Gasteiger partial charge in [-0.3, -0.25) is 9.48 Å². The number of amides is 1. The van der Waals surface area contributed by atoms with E-state index in [2.05, 4.69) is 52.3 Å². The zero-order valence-electron chi connectivity index (χ0n) is 20.1. The van der Waals surface area contributed by atoms with E-state index < -0.39 is 0 Å². The largest absolute Gasteiger partial charge is 0.496 e. The molecule has 1 atom stereocenters. The van der Waals surface area contributed by atoms with Gasteiger partial charge in [0, 0.05) is 22.0 Å². The lowest BCUT2D eigenvalue weighted by atomic mass is 9.71. The van der Waals surface area contributed by atoms with Crippen molar-refractivity contribution in [3.8, 4) is 5.75 Å². The third-order valence-electron chi connectivity index (χ3n) is 6.66. The molecule has 0 aliphatic heterocycles. The van der Waals surface area contributed by atoms with Crippen LogP contribution in [-0.2, 0) is 19.4 Å². The van der Waals surface area contributed by atoms with Crippen LogP contribution in [0.1, 0.15) is 66.0 Å². The van der Waals surface area contributed by atoms with Crippen molar-refractivity contribution in [1.82, 2.24) is 14.9 Å². The number of anilines is 1. The molecule has 0 saturated heterocycles. The molecule has 1 aliphatic carbocycles. The maximum absolute atomic E-state index is 13.2. The highest BCUT2D eigenvalue weighted by molar-refractivity contribution is 9.10. The summed E-state index contributed by atoms with van der Waals surface area (Å²) in [4.78, 5) is 13.2. The summed E-state index contributed by atoms with van der Waals surface area (Å²) < 4.78 is 13.9. The van der Waals surface area contributed by atoms with E-state index in [0.717, 1.165) is 57.8 Å². The first-order chi connectivity index (χ1) is 15.6. The number of nitrogens with one attached hydrogen (secondary N) is 1. The monoisotopic (exact) mass is 514 g/mol. The number of carbonyl (C=O) groups is 1. The number of methoxy groups -OCH3 is 1. The molecule has 2 heterocycles. The third kappa shape index (κ3) is 4.71. The average molecular weight is 515 g/mol. The number of hydrogen-bond donors (Lipinski definition) is 1. The highest BCUT2D eigenvalue weighted by Gasteiger charge is 2.34. The summed E-state index contributed by atoms with van der Waals surface area (Å²) in [6.07, 6.45) is 2.68. The van der Waals surface area contributed by atoms with E-state index in [4.69, 9.17) is 9.26 Å². The van der Waals surface area contributed by atoms with Crippen LogP contribution in [0.25, 0.3) is 0 Å². The molecule has 1 aliphatic rings. The van der Waals surface area contributed by atoms with Gasteiger partial charge in [0.15, 0.2) is 5.69 Å². The second kappa shape index (κ2) is 8.97. The molecule has 8 heteroatoms. The molecule has 0 bridgehead atoms. The molecular formula is C25H31BrN4O3. The van der Waals surface area contributed by atoms with Gasteiger partial charge < -0.3 is 14.6 Å². The smallest absolute Gasteiger partial charge is 0.278 e. The number of ether oxygens (including phenoxy) is 1. The van der Waals surface area contributed by atoms with Crippen molar-refractivity contribution in [2.24, 2.45) is 11.3 Å². The second-order valence-corrected chi connectivity index (χ2v) is 10.8. The Kier molecular flexibility index (Phi) is 6.40. The Morgan fingerprint density at radius 2 is 2.09 bits per heavy atom. The topological polar surface area (TPSA) is 82.2 Å². The van der Waals surface area contributed by atoms with Crippen LogP contribution in [0.15, 0.2) is 27.2 Å². The van der Waals surface area contributed by atoms with Crippen molar-refractivity contribution in [1.29, 1.82) is 0 Å². The zero-order chi connectivity index (χ0) is 23.9. The van der Waals surface area contributed by atoms with Gasteiger partial charge in [0.1, 0.15) is 11.5 Å². The van der Waals surface area contributed by atoms with Crippen molar-refractivity contribution in [3.63, 3.8) is 0 Å². The fourth-order valence-electron chi connectivity index (χ4n) is 4.56.